The highest BCUT2D eigenvalue weighted by molar-refractivity contribution is 7.92. The van der Waals surface area contributed by atoms with E-state index in [0.29, 0.717) is 4.88 Å². The number of thiophene rings is 1. The highest BCUT2D eigenvalue weighted by Crippen LogP contribution is 2.23. The van der Waals surface area contributed by atoms with Gasteiger partial charge in [-0.15, -0.1) is 11.3 Å². The van der Waals surface area contributed by atoms with E-state index in [9.17, 15) is 13.2 Å². The second-order valence-corrected chi connectivity index (χ2v) is 6.65. The maximum atomic E-state index is 11.7. The van der Waals surface area contributed by atoms with Crippen LogP contribution in [0.1, 0.15) is 23.5 Å². The smallest absolute Gasteiger partial charge is 0.348 e. The van der Waals surface area contributed by atoms with Crippen LogP contribution in [0.5, 0.6) is 0 Å². The first-order valence-electron chi connectivity index (χ1n) is 4.30. The van der Waals surface area contributed by atoms with Crippen molar-refractivity contribution in [3.8, 4) is 0 Å². The fourth-order valence-electron chi connectivity index (χ4n) is 0.948. The lowest BCUT2D eigenvalue weighted by atomic mass is 10.5. The minimum absolute atomic E-state index is 0.183. The molecule has 0 fully saturated rings. The summed E-state index contributed by atoms with van der Waals surface area (Å²) in [5, 5.41) is 0.972. The Bertz CT molecular complexity index is 456. The van der Waals surface area contributed by atoms with Gasteiger partial charge in [-0.25, -0.2) is 13.2 Å². The lowest BCUT2D eigenvalue weighted by molar-refractivity contribution is 0.0606. The molecule has 0 saturated heterocycles. The molecule has 0 aliphatic heterocycles. The Balaban J connectivity index is 3.10. The van der Waals surface area contributed by atoms with Crippen molar-refractivity contribution >= 4 is 27.1 Å². The van der Waals surface area contributed by atoms with E-state index in [1.54, 1.807) is 13.8 Å². The van der Waals surface area contributed by atoms with E-state index in [4.69, 9.17) is 0 Å². The van der Waals surface area contributed by atoms with E-state index < -0.39 is 21.1 Å². The summed E-state index contributed by atoms with van der Waals surface area (Å²) in [6, 6.07) is 1.35. The summed E-state index contributed by atoms with van der Waals surface area (Å²) in [5.41, 5.74) is 0. The fraction of sp³-hybridized carbons (Fsp3) is 0.444. The number of hydrogen-bond donors (Lipinski definition) is 0. The molecule has 0 unspecified atom stereocenters. The second kappa shape index (κ2) is 4.32. The average molecular weight is 248 g/mol. The third-order valence-corrected chi connectivity index (χ3v) is 5.10. The summed E-state index contributed by atoms with van der Waals surface area (Å²) < 4.78 is 27.9. The molecule has 0 aliphatic carbocycles. The molecule has 4 nitrogen and oxygen atoms in total. The molecule has 1 heterocycles. The zero-order valence-electron chi connectivity index (χ0n) is 8.68. The zero-order chi connectivity index (χ0) is 11.6. The highest BCUT2D eigenvalue weighted by atomic mass is 32.2. The van der Waals surface area contributed by atoms with Gasteiger partial charge in [0.25, 0.3) is 0 Å². The Morgan fingerprint density at radius 2 is 2.07 bits per heavy atom. The zero-order valence-corrected chi connectivity index (χ0v) is 10.3. The number of rotatable bonds is 3. The number of carbonyl (C=O) groups is 1. The number of carbonyl (C=O) groups excluding carboxylic acids is 1. The SMILES string of the molecule is COC(=O)c1cc(S(=O)(=O)C(C)C)cs1. The third-order valence-electron chi connectivity index (χ3n) is 1.91. The molecule has 0 amide bonds. The van der Waals surface area contributed by atoms with Gasteiger partial charge in [0.2, 0.25) is 0 Å². The quantitative estimate of drug-likeness (QED) is 0.764. The van der Waals surface area contributed by atoms with E-state index in [-0.39, 0.29) is 4.90 Å². The predicted octanol–water partition coefficient (Wildman–Crippen LogP) is 1.72. The van der Waals surface area contributed by atoms with Crippen molar-refractivity contribution in [3.05, 3.63) is 16.3 Å². The number of sulfone groups is 1. The van der Waals surface area contributed by atoms with Crippen LogP contribution >= 0.6 is 11.3 Å². The molecule has 6 heteroatoms. The number of esters is 1. The van der Waals surface area contributed by atoms with Crippen molar-refractivity contribution in [2.24, 2.45) is 0 Å². The molecule has 0 atom stereocenters. The van der Waals surface area contributed by atoms with Gasteiger partial charge < -0.3 is 4.74 Å². The molecule has 0 aromatic carbocycles. The van der Waals surface area contributed by atoms with Crippen LogP contribution in [-0.4, -0.2) is 26.7 Å². The van der Waals surface area contributed by atoms with Crippen molar-refractivity contribution in [1.82, 2.24) is 0 Å². The van der Waals surface area contributed by atoms with Gasteiger partial charge in [0.15, 0.2) is 9.84 Å². The highest BCUT2D eigenvalue weighted by Gasteiger charge is 2.22. The van der Waals surface area contributed by atoms with Crippen molar-refractivity contribution in [1.29, 1.82) is 0 Å². The third kappa shape index (κ3) is 2.38. The van der Waals surface area contributed by atoms with Crippen LogP contribution in [0.3, 0.4) is 0 Å². The van der Waals surface area contributed by atoms with Crippen LogP contribution in [0.2, 0.25) is 0 Å². The summed E-state index contributed by atoms with van der Waals surface area (Å²) in [4.78, 5) is 11.6. The van der Waals surface area contributed by atoms with Gasteiger partial charge in [-0.2, -0.15) is 0 Å². The maximum Gasteiger partial charge on any atom is 0.348 e. The molecule has 1 aromatic heterocycles. The Morgan fingerprint density at radius 3 is 2.53 bits per heavy atom. The minimum Gasteiger partial charge on any atom is -0.465 e. The lowest BCUT2D eigenvalue weighted by Crippen LogP contribution is -2.13. The molecule has 0 N–H and O–H groups in total. The van der Waals surface area contributed by atoms with Gasteiger partial charge in [-0.05, 0) is 19.9 Å². The largest absolute Gasteiger partial charge is 0.465 e. The first kappa shape index (κ1) is 12.2. The topological polar surface area (TPSA) is 60.4 Å². The van der Waals surface area contributed by atoms with Gasteiger partial charge in [0.05, 0.1) is 17.3 Å². The Labute approximate surface area is 92.8 Å². The van der Waals surface area contributed by atoms with Crippen LogP contribution < -0.4 is 0 Å². The lowest BCUT2D eigenvalue weighted by Gasteiger charge is -2.03. The van der Waals surface area contributed by atoms with Crippen LogP contribution in [0, 0.1) is 0 Å². The average Bonchev–Trinajstić information content (AvgIpc) is 2.65. The molecule has 0 aliphatic rings. The van der Waals surface area contributed by atoms with Gasteiger partial charge >= 0.3 is 5.97 Å². The number of hydrogen-bond acceptors (Lipinski definition) is 5. The Hall–Kier alpha value is -0.880. The number of ether oxygens (including phenoxy) is 1. The molecule has 1 aromatic rings. The first-order chi connectivity index (χ1) is 6.89. The molecule has 0 spiro atoms. The predicted molar refractivity (Wildman–Crippen MR) is 58.0 cm³/mol. The summed E-state index contributed by atoms with van der Waals surface area (Å²) in [6.07, 6.45) is 0. The van der Waals surface area contributed by atoms with Gasteiger partial charge in [-0.3, -0.25) is 0 Å². The second-order valence-electron chi connectivity index (χ2n) is 3.23. The van der Waals surface area contributed by atoms with Gasteiger partial charge in [0, 0.05) is 5.38 Å². The van der Waals surface area contributed by atoms with E-state index in [0.717, 1.165) is 11.3 Å². The molecule has 84 valence electrons. The fourth-order valence-corrected chi connectivity index (χ4v) is 3.22. The summed E-state index contributed by atoms with van der Waals surface area (Å²) in [5.74, 6) is -0.509. The van der Waals surface area contributed by atoms with Crippen molar-refractivity contribution in [2.45, 2.75) is 24.0 Å². The summed E-state index contributed by atoms with van der Waals surface area (Å²) in [6.45, 7) is 3.20. The Kier molecular flexibility index (Phi) is 3.51. The Morgan fingerprint density at radius 1 is 1.47 bits per heavy atom. The normalized spacial score (nSPS) is 11.7. The number of methoxy groups -OCH3 is 1. The summed E-state index contributed by atoms with van der Waals surface area (Å²) in [7, 11) is -2.03. The van der Waals surface area contributed by atoms with E-state index in [1.807, 2.05) is 0 Å². The van der Waals surface area contributed by atoms with E-state index >= 15 is 0 Å². The van der Waals surface area contributed by atoms with Crippen LogP contribution in [0.25, 0.3) is 0 Å². The summed E-state index contributed by atoms with van der Waals surface area (Å²) >= 11 is 1.07. The molecular formula is C9H12O4S2. The van der Waals surface area contributed by atoms with Gasteiger partial charge in [-0.1, -0.05) is 0 Å². The van der Waals surface area contributed by atoms with Gasteiger partial charge in [0.1, 0.15) is 4.88 Å². The van der Waals surface area contributed by atoms with Crippen LogP contribution in [0.15, 0.2) is 16.3 Å². The molecule has 0 saturated carbocycles. The minimum atomic E-state index is -3.30. The molecule has 0 radical (unpaired) electrons. The maximum absolute atomic E-state index is 11.7. The van der Waals surface area contributed by atoms with Crippen LogP contribution in [0.4, 0.5) is 0 Å². The van der Waals surface area contributed by atoms with Crippen molar-refractivity contribution in [3.63, 3.8) is 0 Å². The van der Waals surface area contributed by atoms with E-state index in [1.165, 1.54) is 18.6 Å². The van der Waals surface area contributed by atoms with Crippen LogP contribution in [-0.2, 0) is 14.6 Å². The molecular weight excluding hydrogens is 236 g/mol. The molecule has 1 rings (SSSR count). The van der Waals surface area contributed by atoms with Crippen molar-refractivity contribution in [2.75, 3.05) is 7.11 Å². The molecule has 0 bridgehead atoms. The monoisotopic (exact) mass is 248 g/mol. The first-order valence-corrected chi connectivity index (χ1v) is 6.73. The van der Waals surface area contributed by atoms with E-state index in [2.05, 4.69) is 4.74 Å². The van der Waals surface area contributed by atoms with Crippen molar-refractivity contribution < 1.29 is 17.9 Å². The standard InChI is InChI=1S/C9H12O4S2/c1-6(2)15(11,12)7-4-8(14-5-7)9(10)13-3/h4-6H,1-3H3. The molecule has 15 heavy (non-hydrogen) atoms.